The van der Waals surface area contributed by atoms with E-state index in [1.54, 1.807) is 25.7 Å². The Bertz CT molecular complexity index is 388. The van der Waals surface area contributed by atoms with E-state index in [1.807, 2.05) is 13.8 Å². The lowest BCUT2D eigenvalue weighted by Crippen LogP contribution is -2.69. The number of piperazine rings is 1. The molecule has 0 aromatic rings. The molecule has 0 radical (unpaired) electrons. The molecule has 0 aliphatic carbocycles. The molecular weight excluding hydrogens is 216 g/mol. The lowest BCUT2D eigenvalue weighted by atomic mass is 9.91. The summed E-state index contributed by atoms with van der Waals surface area (Å²) in [6.45, 7) is 9.34. The molecule has 1 N–H and O–H groups in total. The van der Waals surface area contributed by atoms with Gasteiger partial charge in [0.15, 0.2) is 0 Å². The normalized spacial score (nSPS) is 23.2. The minimum atomic E-state index is -0.835. The van der Waals surface area contributed by atoms with Gasteiger partial charge < -0.3 is 10.2 Å². The number of carbonyl (C=O) groups excluding carboxylic acids is 2. The summed E-state index contributed by atoms with van der Waals surface area (Å²) in [5.74, 6) is 5.54. The van der Waals surface area contributed by atoms with Gasteiger partial charge in [-0.05, 0) is 26.7 Å². The maximum atomic E-state index is 12.3. The van der Waals surface area contributed by atoms with E-state index >= 15 is 0 Å². The first-order chi connectivity index (χ1) is 7.81. The SMILES string of the molecule is CC#CCN1C(=O)C(C)(C)NC(=O)C1C(C)C. The number of nitrogens with zero attached hydrogens (tertiary/aromatic N) is 1. The number of hydrogen-bond donors (Lipinski definition) is 1. The lowest BCUT2D eigenvalue weighted by Gasteiger charge is -2.43. The third kappa shape index (κ3) is 2.60. The summed E-state index contributed by atoms with van der Waals surface area (Å²) in [5, 5.41) is 2.76. The maximum absolute atomic E-state index is 12.3. The zero-order valence-corrected chi connectivity index (χ0v) is 11.1. The van der Waals surface area contributed by atoms with Gasteiger partial charge in [-0.25, -0.2) is 0 Å². The first kappa shape index (κ1) is 13.6. The van der Waals surface area contributed by atoms with Crippen molar-refractivity contribution in [2.45, 2.75) is 46.2 Å². The van der Waals surface area contributed by atoms with Gasteiger partial charge in [0.2, 0.25) is 11.8 Å². The van der Waals surface area contributed by atoms with E-state index < -0.39 is 11.6 Å². The number of carbonyl (C=O) groups is 2. The summed E-state index contributed by atoms with van der Waals surface area (Å²) >= 11 is 0. The summed E-state index contributed by atoms with van der Waals surface area (Å²) in [4.78, 5) is 25.9. The molecule has 94 valence electrons. The second-order valence-corrected chi connectivity index (χ2v) is 5.16. The predicted octanol–water partition coefficient (Wildman–Crippen LogP) is 0.771. The Morgan fingerprint density at radius 1 is 1.41 bits per heavy atom. The summed E-state index contributed by atoms with van der Waals surface area (Å²) < 4.78 is 0. The van der Waals surface area contributed by atoms with Crippen LogP contribution >= 0.6 is 0 Å². The Kier molecular flexibility index (Phi) is 3.82. The van der Waals surface area contributed by atoms with Gasteiger partial charge in [-0.1, -0.05) is 19.8 Å². The Labute approximate surface area is 103 Å². The van der Waals surface area contributed by atoms with Crippen LogP contribution in [0.25, 0.3) is 0 Å². The van der Waals surface area contributed by atoms with Crippen LogP contribution in [0.15, 0.2) is 0 Å². The van der Waals surface area contributed by atoms with Gasteiger partial charge in [-0.3, -0.25) is 9.59 Å². The fraction of sp³-hybridized carbons (Fsp3) is 0.692. The maximum Gasteiger partial charge on any atom is 0.249 e. The molecule has 0 spiro atoms. The molecule has 4 nitrogen and oxygen atoms in total. The molecule has 1 saturated heterocycles. The average molecular weight is 236 g/mol. The largest absolute Gasteiger partial charge is 0.340 e. The lowest BCUT2D eigenvalue weighted by molar-refractivity contribution is -0.154. The average Bonchev–Trinajstić information content (AvgIpc) is 2.19. The minimum absolute atomic E-state index is 0.0708. The molecule has 1 fully saturated rings. The first-order valence-corrected chi connectivity index (χ1v) is 5.84. The summed E-state index contributed by atoms with van der Waals surface area (Å²) in [5.41, 5.74) is -0.835. The molecule has 0 aromatic carbocycles. The predicted molar refractivity (Wildman–Crippen MR) is 66.0 cm³/mol. The molecule has 1 aliphatic rings. The Morgan fingerprint density at radius 3 is 2.47 bits per heavy atom. The van der Waals surface area contributed by atoms with Crippen molar-refractivity contribution < 1.29 is 9.59 Å². The van der Waals surface area contributed by atoms with Crippen LogP contribution in [0.5, 0.6) is 0 Å². The minimum Gasteiger partial charge on any atom is -0.340 e. The summed E-state index contributed by atoms with van der Waals surface area (Å²) in [7, 11) is 0. The molecule has 0 saturated carbocycles. The van der Waals surface area contributed by atoms with Gasteiger partial charge >= 0.3 is 0 Å². The van der Waals surface area contributed by atoms with Crippen molar-refractivity contribution in [3.8, 4) is 11.8 Å². The van der Waals surface area contributed by atoms with Crippen LogP contribution in [-0.2, 0) is 9.59 Å². The molecule has 0 aromatic heterocycles. The van der Waals surface area contributed by atoms with Gasteiger partial charge in [0.1, 0.15) is 11.6 Å². The molecule has 4 heteroatoms. The van der Waals surface area contributed by atoms with E-state index in [-0.39, 0.29) is 17.7 Å². The van der Waals surface area contributed by atoms with E-state index in [4.69, 9.17) is 0 Å². The monoisotopic (exact) mass is 236 g/mol. The van der Waals surface area contributed by atoms with Crippen LogP contribution in [0.3, 0.4) is 0 Å². The fourth-order valence-electron chi connectivity index (χ4n) is 2.06. The van der Waals surface area contributed by atoms with Crippen LogP contribution in [0.4, 0.5) is 0 Å². The van der Waals surface area contributed by atoms with Crippen molar-refractivity contribution >= 4 is 11.8 Å². The number of hydrogen-bond acceptors (Lipinski definition) is 2. The van der Waals surface area contributed by atoms with Crippen molar-refractivity contribution in [2.24, 2.45) is 5.92 Å². The van der Waals surface area contributed by atoms with Crippen molar-refractivity contribution in [3.05, 3.63) is 0 Å². The van der Waals surface area contributed by atoms with Crippen molar-refractivity contribution in [3.63, 3.8) is 0 Å². The molecule has 1 aliphatic heterocycles. The third-order valence-corrected chi connectivity index (χ3v) is 2.89. The zero-order valence-electron chi connectivity index (χ0n) is 11.1. The van der Waals surface area contributed by atoms with Crippen LogP contribution < -0.4 is 5.32 Å². The van der Waals surface area contributed by atoms with Crippen molar-refractivity contribution in [2.75, 3.05) is 6.54 Å². The van der Waals surface area contributed by atoms with E-state index in [1.165, 1.54) is 0 Å². The number of nitrogens with one attached hydrogen (secondary N) is 1. The number of amides is 2. The highest BCUT2D eigenvalue weighted by molar-refractivity contribution is 5.99. The molecule has 0 bridgehead atoms. The summed E-state index contributed by atoms with van der Waals surface area (Å²) in [6.07, 6.45) is 0. The van der Waals surface area contributed by atoms with Crippen LogP contribution in [-0.4, -0.2) is 34.8 Å². The van der Waals surface area contributed by atoms with E-state index in [0.717, 1.165) is 0 Å². The highest BCUT2D eigenvalue weighted by Gasteiger charge is 2.45. The summed E-state index contributed by atoms with van der Waals surface area (Å²) in [6, 6.07) is -0.420. The fourth-order valence-corrected chi connectivity index (χ4v) is 2.06. The first-order valence-electron chi connectivity index (χ1n) is 5.84. The van der Waals surface area contributed by atoms with Crippen molar-refractivity contribution in [1.29, 1.82) is 0 Å². The standard InChI is InChI=1S/C13H20N2O2/c1-6-7-8-15-10(9(2)3)11(16)14-13(4,5)12(15)17/h9-10H,8H2,1-5H3,(H,14,16). The Morgan fingerprint density at radius 2 is 2.00 bits per heavy atom. The highest BCUT2D eigenvalue weighted by atomic mass is 16.2. The van der Waals surface area contributed by atoms with Gasteiger partial charge in [-0.15, -0.1) is 5.92 Å². The Balaban J connectivity index is 3.07. The van der Waals surface area contributed by atoms with Gasteiger partial charge in [0, 0.05) is 0 Å². The van der Waals surface area contributed by atoms with Gasteiger partial charge in [-0.2, -0.15) is 0 Å². The quantitative estimate of drug-likeness (QED) is 0.720. The van der Waals surface area contributed by atoms with Crippen molar-refractivity contribution in [1.82, 2.24) is 10.2 Å². The smallest absolute Gasteiger partial charge is 0.249 e. The van der Waals surface area contributed by atoms with E-state index in [2.05, 4.69) is 17.2 Å². The topological polar surface area (TPSA) is 49.4 Å². The highest BCUT2D eigenvalue weighted by Crippen LogP contribution is 2.22. The molecule has 2 amide bonds. The van der Waals surface area contributed by atoms with E-state index in [9.17, 15) is 9.59 Å². The van der Waals surface area contributed by atoms with E-state index in [0.29, 0.717) is 6.54 Å². The molecule has 17 heavy (non-hydrogen) atoms. The zero-order chi connectivity index (χ0) is 13.2. The second kappa shape index (κ2) is 4.79. The van der Waals surface area contributed by atoms with Gasteiger partial charge in [0.05, 0.1) is 6.54 Å². The Hall–Kier alpha value is -1.50. The molecule has 1 atom stereocenters. The molecule has 1 heterocycles. The molecular formula is C13H20N2O2. The van der Waals surface area contributed by atoms with Crippen LogP contribution in [0.2, 0.25) is 0 Å². The van der Waals surface area contributed by atoms with Crippen LogP contribution in [0.1, 0.15) is 34.6 Å². The third-order valence-electron chi connectivity index (χ3n) is 2.89. The van der Waals surface area contributed by atoms with Gasteiger partial charge in [0.25, 0.3) is 0 Å². The molecule has 1 rings (SSSR count). The van der Waals surface area contributed by atoms with Crippen LogP contribution in [0, 0.1) is 17.8 Å². The second-order valence-electron chi connectivity index (χ2n) is 5.16. The molecule has 1 unspecified atom stereocenters. The number of rotatable bonds is 2.